The molecule has 21 heavy (non-hydrogen) atoms. The average Bonchev–Trinajstić information content (AvgIpc) is 2.43. The van der Waals surface area contributed by atoms with Crippen LogP contribution in [0.1, 0.15) is 18.4 Å². The molecule has 0 aliphatic rings. The number of rotatable bonds is 7. The third-order valence-corrected chi connectivity index (χ3v) is 2.61. The van der Waals surface area contributed by atoms with Crippen LogP contribution >= 0.6 is 0 Å². The molecule has 0 aromatic heterocycles. The number of aliphatic imine (C=N–C) groups is 1. The van der Waals surface area contributed by atoms with E-state index in [1.807, 2.05) is 0 Å². The predicted molar refractivity (Wildman–Crippen MR) is 81.7 cm³/mol. The van der Waals surface area contributed by atoms with E-state index in [0.717, 1.165) is 12.8 Å². The Morgan fingerprint density at radius 3 is 2.67 bits per heavy atom. The fraction of sp³-hybridized carbons (Fsp3) is 0.286. The second kappa shape index (κ2) is 8.47. The summed E-state index contributed by atoms with van der Waals surface area (Å²) < 4.78 is 0. The Hall–Kier alpha value is -2.70. The number of phenols is 2. The molecule has 0 fully saturated rings. The summed E-state index contributed by atoms with van der Waals surface area (Å²) in [5, 5.41) is 21.2. The molecule has 1 aromatic rings. The van der Waals surface area contributed by atoms with Crippen molar-refractivity contribution >= 4 is 17.9 Å². The Morgan fingerprint density at radius 2 is 2.00 bits per heavy atom. The Morgan fingerprint density at radius 1 is 1.24 bits per heavy atom. The number of nitrogens with zero attached hydrogens (tertiary/aromatic N) is 1. The number of carbonyl (C=O) groups excluding carboxylic acids is 1. The summed E-state index contributed by atoms with van der Waals surface area (Å²) in [6.45, 7) is 1.07. The number of guanidine groups is 1. The van der Waals surface area contributed by atoms with Crippen LogP contribution in [-0.4, -0.2) is 35.2 Å². The maximum Gasteiger partial charge on any atom is 0.243 e. The lowest BCUT2D eigenvalue weighted by atomic mass is 10.2. The van der Waals surface area contributed by atoms with E-state index < -0.39 is 0 Å². The van der Waals surface area contributed by atoms with Crippen LogP contribution in [0.25, 0.3) is 6.08 Å². The molecule has 0 aliphatic heterocycles. The third kappa shape index (κ3) is 6.86. The van der Waals surface area contributed by atoms with Gasteiger partial charge in [-0.1, -0.05) is 6.07 Å². The quantitative estimate of drug-likeness (QED) is 0.162. The molecular weight excluding hydrogens is 272 g/mol. The number of hydrogen-bond donors (Lipinski definition) is 5. The molecule has 0 spiro atoms. The van der Waals surface area contributed by atoms with Gasteiger partial charge in [-0.3, -0.25) is 9.79 Å². The third-order valence-electron chi connectivity index (χ3n) is 2.61. The number of unbranched alkanes of at least 4 members (excludes halogenated alkanes) is 1. The summed E-state index contributed by atoms with van der Waals surface area (Å²) in [7, 11) is 0. The van der Waals surface area contributed by atoms with Crippen molar-refractivity contribution in [2.75, 3.05) is 13.1 Å². The van der Waals surface area contributed by atoms with Crippen LogP contribution in [0.2, 0.25) is 0 Å². The molecule has 7 nitrogen and oxygen atoms in total. The van der Waals surface area contributed by atoms with Gasteiger partial charge < -0.3 is 27.0 Å². The molecule has 1 aromatic carbocycles. The summed E-state index contributed by atoms with van der Waals surface area (Å²) in [4.78, 5) is 15.4. The van der Waals surface area contributed by atoms with Crippen molar-refractivity contribution in [1.29, 1.82) is 0 Å². The normalized spacial score (nSPS) is 10.5. The van der Waals surface area contributed by atoms with Crippen molar-refractivity contribution in [3.63, 3.8) is 0 Å². The van der Waals surface area contributed by atoms with Crippen LogP contribution in [0.15, 0.2) is 29.3 Å². The summed E-state index contributed by atoms with van der Waals surface area (Å²) in [6.07, 6.45) is 4.47. The first-order valence-electron chi connectivity index (χ1n) is 6.52. The SMILES string of the molecule is NC(N)=NCCCCNC(=O)C=Cc1ccc(O)c(O)c1. The van der Waals surface area contributed by atoms with Gasteiger partial charge in [0.05, 0.1) is 0 Å². The van der Waals surface area contributed by atoms with Gasteiger partial charge >= 0.3 is 0 Å². The minimum Gasteiger partial charge on any atom is -0.504 e. The number of carbonyl (C=O) groups is 1. The molecule has 0 bridgehead atoms. The van der Waals surface area contributed by atoms with E-state index in [4.69, 9.17) is 16.6 Å². The molecule has 0 aliphatic carbocycles. The highest BCUT2D eigenvalue weighted by atomic mass is 16.3. The molecule has 0 unspecified atom stereocenters. The number of nitrogens with one attached hydrogen (secondary N) is 1. The Kier molecular flexibility index (Phi) is 6.59. The summed E-state index contributed by atoms with van der Waals surface area (Å²) in [5.74, 6) is -0.585. The van der Waals surface area contributed by atoms with E-state index in [1.165, 1.54) is 18.2 Å². The number of nitrogens with two attached hydrogens (primary N) is 2. The van der Waals surface area contributed by atoms with Gasteiger partial charge in [0.1, 0.15) is 0 Å². The van der Waals surface area contributed by atoms with E-state index in [1.54, 1.807) is 12.1 Å². The van der Waals surface area contributed by atoms with Crippen molar-refractivity contribution in [3.8, 4) is 11.5 Å². The Balaban J connectivity index is 2.28. The Labute approximate surface area is 123 Å². The molecule has 7 heteroatoms. The van der Waals surface area contributed by atoms with Crippen molar-refractivity contribution < 1.29 is 15.0 Å². The van der Waals surface area contributed by atoms with Crippen LogP contribution in [0.3, 0.4) is 0 Å². The number of phenolic OH excluding ortho intramolecular Hbond substituents is 2. The van der Waals surface area contributed by atoms with Gasteiger partial charge in [0.15, 0.2) is 17.5 Å². The first-order chi connectivity index (χ1) is 9.99. The molecule has 0 atom stereocenters. The molecule has 0 radical (unpaired) electrons. The lowest BCUT2D eigenvalue weighted by Gasteiger charge is -2.01. The highest BCUT2D eigenvalue weighted by Crippen LogP contribution is 2.25. The van der Waals surface area contributed by atoms with Crippen molar-refractivity contribution in [3.05, 3.63) is 29.8 Å². The van der Waals surface area contributed by atoms with Gasteiger partial charge in [-0.15, -0.1) is 0 Å². The molecular formula is C14H20N4O3. The molecule has 1 amide bonds. The molecule has 0 saturated heterocycles. The monoisotopic (exact) mass is 292 g/mol. The topological polar surface area (TPSA) is 134 Å². The second-order valence-corrected chi connectivity index (χ2v) is 4.39. The summed E-state index contributed by atoms with van der Waals surface area (Å²) in [5.41, 5.74) is 11.0. The molecule has 7 N–H and O–H groups in total. The highest BCUT2D eigenvalue weighted by Gasteiger charge is 1.99. The van der Waals surface area contributed by atoms with Crippen LogP contribution < -0.4 is 16.8 Å². The van der Waals surface area contributed by atoms with E-state index in [0.29, 0.717) is 18.7 Å². The van der Waals surface area contributed by atoms with E-state index in [-0.39, 0.29) is 23.4 Å². The molecule has 114 valence electrons. The van der Waals surface area contributed by atoms with Crippen LogP contribution in [0, 0.1) is 0 Å². The Bertz CT molecular complexity index is 537. The number of amides is 1. The van der Waals surface area contributed by atoms with Crippen LogP contribution in [0.4, 0.5) is 0 Å². The minimum atomic E-state index is -0.232. The average molecular weight is 292 g/mol. The molecule has 0 heterocycles. The number of aromatic hydroxyl groups is 2. The lowest BCUT2D eigenvalue weighted by molar-refractivity contribution is -0.116. The smallest absolute Gasteiger partial charge is 0.243 e. The van der Waals surface area contributed by atoms with E-state index in [9.17, 15) is 9.90 Å². The van der Waals surface area contributed by atoms with Gasteiger partial charge in [0, 0.05) is 19.2 Å². The fourth-order valence-electron chi connectivity index (χ4n) is 1.53. The maximum atomic E-state index is 11.5. The largest absolute Gasteiger partial charge is 0.504 e. The molecule has 0 saturated carbocycles. The molecule has 1 rings (SSSR count). The summed E-state index contributed by atoms with van der Waals surface area (Å²) in [6, 6.07) is 4.32. The highest BCUT2D eigenvalue weighted by molar-refractivity contribution is 5.91. The van der Waals surface area contributed by atoms with Crippen LogP contribution in [0.5, 0.6) is 11.5 Å². The van der Waals surface area contributed by atoms with Gasteiger partial charge in [0.2, 0.25) is 5.91 Å². The van der Waals surface area contributed by atoms with Gasteiger partial charge in [0.25, 0.3) is 0 Å². The standard InChI is InChI=1S/C14H20N4O3/c15-14(16)18-8-2-1-7-17-13(21)6-4-10-3-5-11(19)12(20)9-10/h3-6,9,19-20H,1-2,7-8H2,(H,17,21)(H4,15,16,18). The number of hydrogen-bond acceptors (Lipinski definition) is 4. The zero-order valence-electron chi connectivity index (χ0n) is 11.6. The van der Waals surface area contributed by atoms with Crippen molar-refractivity contribution in [1.82, 2.24) is 5.32 Å². The van der Waals surface area contributed by atoms with E-state index in [2.05, 4.69) is 10.3 Å². The first kappa shape index (κ1) is 16.4. The van der Waals surface area contributed by atoms with Crippen molar-refractivity contribution in [2.24, 2.45) is 16.5 Å². The van der Waals surface area contributed by atoms with Crippen LogP contribution in [-0.2, 0) is 4.79 Å². The minimum absolute atomic E-state index is 0.0686. The zero-order chi connectivity index (χ0) is 15.7. The van der Waals surface area contributed by atoms with Gasteiger partial charge in [-0.2, -0.15) is 0 Å². The second-order valence-electron chi connectivity index (χ2n) is 4.39. The number of benzene rings is 1. The summed E-state index contributed by atoms with van der Waals surface area (Å²) >= 11 is 0. The first-order valence-corrected chi connectivity index (χ1v) is 6.52. The van der Waals surface area contributed by atoms with Crippen molar-refractivity contribution in [2.45, 2.75) is 12.8 Å². The fourth-order valence-corrected chi connectivity index (χ4v) is 1.53. The van der Waals surface area contributed by atoms with Gasteiger partial charge in [-0.25, -0.2) is 0 Å². The maximum absolute atomic E-state index is 11.5. The predicted octanol–water partition coefficient (Wildman–Crippen LogP) is 0.281. The zero-order valence-corrected chi connectivity index (χ0v) is 11.6. The van der Waals surface area contributed by atoms with E-state index >= 15 is 0 Å². The van der Waals surface area contributed by atoms with Gasteiger partial charge in [-0.05, 0) is 36.6 Å². The lowest BCUT2D eigenvalue weighted by Crippen LogP contribution is -2.24.